The fourth-order valence-electron chi connectivity index (χ4n) is 7.39. The van der Waals surface area contributed by atoms with E-state index in [9.17, 15) is 0 Å². The number of fused-ring (bicyclic) bond motifs is 4. The Morgan fingerprint density at radius 1 is 0.821 bits per heavy atom. The number of hydrogen-bond acceptors (Lipinski definition) is 4. The summed E-state index contributed by atoms with van der Waals surface area (Å²) < 4.78 is 39.5. The van der Waals surface area contributed by atoms with Crippen molar-refractivity contribution in [2.45, 2.75) is 92.7 Å². The molecule has 0 bridgehead atoms. The first-order valence-electron chi connectivity index (χ1n) is 21.1. The van der Waals surface area contributed by atoms with Gasteiger partial charge in [-0.2, -0.15) is 0 Å². The number of pyridine rings is 2. The molecule has 0 amide bonds. The smallest absolute Gasteiger partial charge is 0.120 e. The van der Waals surface area contributed by atoms with Crippen LogP contribution >= 0.6 is 0 Å². The summed E-state index contributed by atoms with van der Waals surface area (Å²) in [4.78, 5) is 14.4. The van der Waals surface area contributed by atoms with Gasteiger partial charge < -0.3 is 14.0 Å². The second-order valence-electron chi connectivity index (χ2n) is 16.2. The van der Waals surface area contributed by atoms with Gasteiger partial charge in [0.2, 0.25) is 0 Å². The van der Waals surface area contributed by atoms with Crippen molar-refractivity contribution < 1.29 is 30.0 Å². The Hall–Kier alpha value is -4.68. The summed E-state index contributed by atoms with van der Waals surface area (Å²) in [6.45, 7) is 19.4. The van der Waals surface area contributed by atoms with Crippen LogP contribution in [0.5, 0.6) is 0 Å². The average Bonchev–Trinajstić information content (AvgIpc) is 3.76. The van der Waals surface area contributed by atoms with Gasteiger partial charge >= 0.3 is 0 Å². The molecular weight excluding hydrogens is 881 g/mol. The monoisotopic (exact) mass is 937 g/mol. The molecule has 0 N–H and O–H groups in total. The van der Waals surface area contributed by atoms with Crippen molar-refractivity contribution in [2.24, 2.45) is 0 Å². The molecular formula is C49H52IrN4OSi-2. The number of rotatable bonds is 7. The molecule has 0 aliphatic heterocycles. The molecule has 0 spiro atoms. The van der Waals surface area contributed by atoms with Crippen LogP contribution in [0.2, 0.25) is 19.6 Å². The van der Waals surface area contributed by atoms with Crippen molar-refractivity contribution in [2.75, 3.05) is 0 Å². The normalized spacial score (nSPS) is 13.3. The number of imidazole rings is 1. The molecule has 4 aromatic carbocycles. The van der Waals surface area contributed by atoms with Gasteiger partial charge in [-0.15, -0.1) is 53.6 Å². The van der Waals surface area contributed by atoms with Gasteiger partial charge in [0.1, 0.15) is 5.58 Å². The van der Waals surface area contributed by atoms with E-state index in [1.54, 1.807) is 12.1 Å². The van der Waals surface area contributed by atoms with E-state index in [1.807, 2.05) is 62.6 Å². The second-order valence-corrected chi connectivity index (χ2v) is 21.2. The maximum atomic E-state index is 8.48. The molecule has 4 aromatic heterocycles. The Labute approximate surface area is 352 Å². The van der Waals surface area contributed by atoms with E-state index < -0.39 is 20.8 Å². The van der Waals surface area contributed by atoms with Crippen LogP contribution in [0.25, 0.3) is 61.3 Å². The zero-order chi connectivity index (χ0) is 42.6. The molecule has 1 radical (unpaired) electrons. The molecule has 8 aromatic rings. The molecule has 5 nitrogen and oxygen atoms in total. The van der Waals surface area contributed by atoms with E-state index in [0.717, 1.165) is 66.9 Å². The SMILES string of the molecule is Cc1nccc2nc(-c3[c-]ccc4c3oc3ccccc34)n(-c3c(C(C)C)cccc3C(C)C)c12.[2H]C([2H])([2H])c1c[c-]c(-c2cc(C([2H])(C)C)c([Si](C)(C)C)cn2)cc1.[Ir]. The van der Waals surface area contributed by atoms with Crippen molar-refractivity contribution in [3.05, 3.63) is 137 Å². The van der Waals surface area contributed by atoms with Crippen molar-refractivity contribution in [1.82, 2.24) is 19.5 Å². The van der Waals surface area contributed by atoms with Gasteiger partial charge in [-0.25, -0.2) is 0 Å². The molecule has 0 aliphatic carbocycles. The number of para-hydroxylation sites is 2. The van der Waals surface area contributed by atoms with Crippen LogP contribution in [0.3, 0.4) is 0 Å². The third-order valence-electron chi connectivity index (χ3n) is 10.2. The van der Waals surface area contributed by atoms with Crippen molar-refractivity contribution in [1.29, 1.82) is 0 Å². The average molecular weight is 937 g/mol. The summed E-state index contributed by atoms with van der Waals surface area (Å²) >= 11 is 0. The summed E-state index contributed by atoms with van der Waals surface area (Å²) in [7, 11) is -1.61. The van der Waals surface area contributed by atoms with E-state index in [4.69, 9.17) is 14.9 Å². The molecule has 0 fully saturated rings. The first-order valence-corrected chi connectivity index (χ1v) is 22.6. The summed E-state index contributed by atoms with van der Waals surface area (Å²) in [5.74, 6) is 0.802. The Kier molecular flexibility index (Phi) is 10.5. The maximum absolute atomic E-state index is 8.48. The van der Waals surface area contributed by atoms with Crippen LogP contribution in [0.4, 0.5) is 0 Å². The molecule has 0 aliphatic rings. The predicted octanol–water partition coefficient (Wildman–Crippen LogP) is 12.9. The summed E-state index contributed by atoms with van der Waals surface area (Å²) in [6.07, 6.45) is 3.72. The van der Waals surface area contributed by atoms with Crippen molar-refractivity contribution in [3.63, 3.8) is 0 Å². The molecule has 56 heavy (non-hydrogen) atoms. The van der Waals surface area contributed by atoms with Crippen LogP contribution in [0, 0.1) is 25.9 Å². The summed E-state index contributed by atoms with van der Waals surface area (Å²) in [5, 5.41) is 3.36. The number of hydrogen-bond donors (Lipinski definition) is 0. The zero-order valence-corrected chi connectivity index (χ0v) is 37.3. The van der Waals surface area contributed by atoms with E-state index in [1.165, 1.54) is 28.1 Å². The predicted molar refractivity (Wildman–Crippen MR) is 234 cm³/mol. The molecule has 8 rings (SSSR count). The Bertz CT molecular complexity index is 2790. The van der Waals surface area contributed by atoms with Gasteiger partial charge in [-0.05, 0) is 58.8 Å². The summed E-state index contributed by atoms with van der Waals surface area (Å²) in [6, 6.07) is 34.2. The molecule has 0 saturated heterocycles. The van der Waals surface area contributed by atoms with Gasteiger partial charge in [-0.3, -0.25) is 9.97 Å². The third-order valence-corrected chi connectivity index (χ3v) is 12.2. The number of benzene rings is 4. The minimum atomic E-state index is -2.13. The Morgan fingerprint density at radius 3 is 2.20 bits per heavy atom. The third kappa shape index (κ3) is 7.82. The summed E-state index contributed by atoms with van der Waals surface area (Å²) in [5.41, 5.74) is 11.9. The molecule has 4 heterocycles. The molecule has 0 unspecified atom stereocenters. The first kappa shape index (κ1) is 35.7. The van der Waals surface area contributed by atoms with E-state index in [0.29, 0.717) is 11.8 Å². The number of aromatic nitrogens is 4. The van der Waals surface area contributed by atoms with E-state index in [2.05, 4.69) is 111 Å². The van der Waals surface area contributed by atoms with Gasteiger partial charge in [0.15, 0.2) is 0 Å². The quantitative estimate of drug-likeness (QED) is 0.118. The van der Waals surface area contributed by atoms with E-state index >= 15 is 0 Å². The standard InChI is InChI=1S/C31H28N3O.C18H24NSi.Ir/c1-18(2)21-11-8-12-22(19(3)4)29(21)34-28-20(5)32-17-16-26(28)33-31(34)25-14-9-13-24-23-10-6-7-15-27(23)35-30(24)25;1-13(2)16-11-17(15-9-7-14(3)8-10-15)19-12-18(16)20(4,5)6;/h6-13,15-19H,1-5H3;7-9,11-13H,1-6H3;/q2*-1;/i;3D3,13D;. The van der Waals surface area contributed by atoms with Crippen LogP contribution < -0.4 is 5.19 Å². The molecule has 289 valence electrons. The Morgan fingerprint density at radius 2 is 1.55 bits per heavy atom. The van der Waals surface area contributed by atoms with Gasteiger partial charge in [0.05, 0.1) is 36.2 Å². The minimum Gasteiger partial charge on any atom is -0.501 e. The number of furan rings is 1. The van der Waals surface area contributed by atoms with Gasteiger partial charge in [0.25, 0.3) is 0 Å². The largest absolute Gasteiger partial charge is 0.501 e. The molecule has 7 heteroatoms. The van der Waals surface area contributed by atoms with E-state index in [-0.39, 0.29) is 25.7 Å². The maximum Gasteiger partial charge on any atom is 0.120 e. The fourth-order valence-corrected chi connectivity index (χ4v) is 8.97. The van der Waals surface area contributed by atoms with Crippen LogP contribution in [-0.4, -0.2) is 27.6 Å². The first-order chi connectivity index (χ1) is 27.8. The van der Waals surface area contributed by atoms with Crippen LogP contribution in [0.15, 0.2) is 102 Å². The van der Waals surface area contributed by atoms with Crippen LogP contribution in [0.1, 0.15) is 92.7 Å². The number of nitrogens with zero attached hydrogens (tertiary/aromatic N) is 4. The van der Waals surface area contributed by atoms with Crippen molar-refractivity contribution >= 4 is 46.2 Å². The minimum absolute atomic E-state index is 0. The topological polar surface area (TPSA) is 56.7 Å². The zero-order valence-electron chi connectivity index (χ0n) is 37.9. The van der Waals surface area contributed by atoms with Gasteiger partial charge in [-0.1, -0.05) is 127 Å². The van der Waals surface area contributed by atoms with Crippen molar-refractivity contribution in [3.8, 4) is 28.3 Å². The van der Waals surface area contributed by atoms with Crippen LogP contribution in [-0.2, 0) is 20.1 Å². The molecule has 0 saturated carbocycles. The Balaban J connectivity index is 0.000000213. The fraction of sp³-hybridized carbons (Fsp3) is 0.286. The molecule has 0 atom stereocenters. The second kappa shape index (κ2) is 16.4. The van der Waals surface area contributed by atoms with Gasteiger partial charge in [0, 0.05) is 49.1 Å². The number of aryl methyl sites for hydroxylation is 2.